The predicted octanol–water partition coefficient (Wildman–Crippen LogP) is 2.00. The minimum Gasteiger partial charge on any atom is -0.345 e. The van der Waals surface area contributed by atoms with E-state index in [-0.39, 0.29) is 30.3 Å². The SMILES string of the molecule is Cc1cccc2nc(CNC(=O)c3ccc(S(=O)(=O)NCCC#N)cc3)n(C)c12. The Bertz CT molecular complexity index is 1190. The molecule has 0 aliphatic rings. The number of nitrogens with zero attached hydrogens (tertiary/aromatic N) is 3. The smallest absolute Gasteiger partial charge is 0.251 e. The highest BCUT2D eigenvalue weighted by molar-refractivity contribution is 7.89. The summed E-state index contributed by atoms with van der Waals surface area (Å²) >= 11 is 0. The van der Waals surface area contributed by atoms with Gasteiger partial charge in [0.2, 0.25) is 10.0 Å². The van der Waals surface area contributed by atoms with Crippen molar-refractivity contribution in [3.63, 3.8) is 0 Å². The number of carbonyl (C=O) groups excluding carboxylic acids is 1. The number of aryl methyl sites for hydroxylation is 2. The van der Waals surface area contributed by atoms with Gasteiger partial charge in [0, 0.05) is 25.6 Å². The molecular formula is C20H21N5O3S. The second kappa shape index (κ2) is 8.43. The van der Waals surface area contributed by atoms with Crippen LogP contribution in [-0.4, -0.2) is 30.4 Å². The van der Waals surface area contributed by atoms with Gasteiger partial charge in [-0.1, -0.05) is 12.1 Å². The standard InChI is InChI=1S/C20H21N5O3S/c1-14-5-3-6-17-19(14)25(2)18(24-17)13-22-20(26)15-7-9-16(10-8-15)29(27,28)23-12-4-11-21/h3,5-10,23H,4,12-13H2,1-2H3,(H,22,26). The van der Waals surface area contributed by atoms with Gasteiger partial charge in [0.25, 0.3) is 5.91 Å². The van der Waals surface area contributed by atoms with Gasteiger partial charge in [-0.15, -0.1) is 0 Å². The van der Waals surface area contributed by atoms with Crippen molar-refractivity contribution >= 4 is 27.0 Å². The molecule has 2 N–H and O–H groups in total. The molecule has 0 saturated carbocycles. The van der Waals surface area contributed by atoms with Crippen LogP contribution in [0.4, 0.5) is 0 Å². The molecule has 0 radical (unpaired) electrons. The molecule has 2 aromatic carbocycles. The summed E-state index contributed by atoms with van der Waals surface area (Å²) in [4.78, 5) is 17.0. The summed E-state index contributed by atoms with van der Waals surface area (Å²) in [5, 5.41) is 11.3. The zero-order chi connectivity index (χ0) is 21.0. The van der Waals surface area contributed by atoms with Gasteiger partial charge in [0.1, 0.15) is 5.82 Å². The predicted molar refractivity (Wildman–Crippen MR) is 108 cm³/mol. The molecule has 0 fully saturated rings. The number of fused-ring (bicyclic) bond motifs is 1. The Morgan fingerprint density at radius 2 is 1.93 bits per heavy atom. The van der Waals surface area contributed by atoms with Crippen molar-refractivity contribution in [3.8, 4) is 6.07 Å². The molecule has 3 rings (SSSR count). The molecule has 0 aliphatic carbocycles. The fourth-order valence-corrected chi connectivity index (χ4v) is 4.07. The lowest BCUT2D eigenvalue weighted by Gasteiger charge is -2.08. The number of nitrogens with one attached hydrogen (secondary N) is 2. The van der Waals surface area contributed by atoms with Gasteiger partial charge in [-0.05, 0) is 42.8 Å². The Hall–Kier alpha value is -3.22. The summed E-state index contributed by atoms with van der Waals surface area (Å²) in [6, 6.07) is 13.4. The number of imidazole rings is 1. The van der Waals surface area contributed by atoms with E-state index in [2.05, 4.69) is 15.0 Å². The van der Waals surface area contributed by atoms with E-state index >= 15 is 0 Å². The van der Waals surface area contributed by atoms with E-state index < -0.39 is 10.0 Å². The van der Waals surface area contributed by atoms with Crippen LogP contribution in [0.5, 0.6) is 0 Å². The molecule has 150 valence electrons. The fraction of sp³-hybridized carbons (Fsp3) is 0.250. The van der Waals surface area contributed by atoms with E-state index in [1.807, 2.05) is 42.8 Å². The molecule has 3 aromatic rings. The largest absolute Gasteiger partial charge is 0.345 e. The minimum atomic E-state index is -3.70. The zero-order valence-corrected chi connectivity index (χ0v) is 17.0. The van der Waals surface area contributed by atoms with Crippen molar-refractivity contribution in [1.29, 1.82) is 5.26 Å². The molecule has 0 unspecified atom stereocenters. The van der Waals surface area contributed by atoms with Crippen LogP contribution in [0.2, 0.25) is 0 Å². The van der Waals surface area contributed by atoms with Crippen molar-refractivity contribution in [2.24, 2.45) is 7.05 Å². The van der Waals surface area contributed by atoms with E-state index in [0.29, 0.717) is 5.56 Å². The summed E-state index contributed by atoms with van der Waals surface area (Å²) in [6.45, 7) is 2.30. The van der Waals surface area contributed by atoms with Crippen LogP contribution in [0, 0.1) is 18.3 Å². The molecule has 0 bridgehead atoms. The van der Waals surface area contributed by atoms with Gasteiger partial charge in [0.15, 0.2) is 0 Å². The Kier molecular flexibility index (Phi) is 5.96. The van der Waals surface area contributed by atoms with Crippen LogP contribution < -0.4 is 10.0 Å². The van der Waals surface area contributed by atoms with Gasteiger partial charge in [-0.2, -0.15) is 5.26 Å². The van der Waals surface area contributed by atoms with Crippen molar-refractivity contribution in [3.05, 3.63) is 59.4 Å². The van der Waals surface area contributed by atoms with E-state index in [0.717, 1.165) is 22.4 Å². The zero-order valence-electron chi connectivity index (χ0n) is 16.1. The van der Waals surface area contributed by atoms with Crippen LogP contribution in [0.3, 0.4) is 0 Å². The van der Waals surface area contributed by atoms with Gasteiger partial charge in [-0.3, -0.25) is 4.79 Å². The molecule has 0 saturated heterocycles. The third-order valence-corrected chi connectivity index (χ3v) is 6.03. The molecule has 1 heterocycles. The van der Waals surface area contributed by atoms with Crippen LogP contribution in [0.25, 0.3) is 11.0 Å². The maximum absolute atomic E-state index is 12.4. The van der Waals surface area contributed by atoms with Gasteiger partial charge in [-0.25, -0.2) is 18.1 Å². The van der Waals surface area contributed by atoms with E-state index in [4.69, 9.17) is 5.26 Å². The molecule has 29 heavy (non-hydrogen) atoms. The minimum absolute atomic E-state index is 0.0396. The second-order valence-corrected chi connectivity index (χ2v) is 8.31. The first-order chi connectivity index (χ1) is 13.8. The number of carbonyl (C=O) groups is 1. The molecule has 1 aromatic heterocycles. The summed E-state index contributed by atoms with van der Waals surface area (Å²) in [6.07, 6.45) is 0.0848. The molecule has 1 amide bonds. The molecule has 0 aliphatic heterocycles. The maximum atomic E-state index is 12.4. The van der Waals surface area contributed by atoms with Gasteiger partial charge in [0.05, 0.1) is 28.5 Å². The number of nitriles is 1. The fourth-order valence-electron chi connectivity index (χ4n) is 3.04. The summed E-state index contributed by atoms with van der Waals surface area (Å²) in [5.74, 6) is 0.402. The highest BCUT2D eigenvalue weighted by Gasteiger charge is 2.15. The lowest BCUT2D eigenvalue weighted by molar-refractivity contribution is 0.0949. The third kappa shape index (κ3) is 4.45. The lowest BCUT2D eigenvalue weighted by Crippen LogP contribution is -2.26. The van der Waals surface area contributed by atoms with Crippen LogP contribution in [0.1, 0.15) is 28.2 Å². The molecule has 8 nitrogen and oxygen atoms in total. The number of amides is 1. The first-order valence-electron chi connectivity index (χ1n) is 8.99. The monoisotopic (exact) mass is 411 g/mol. The Morgan fingerprint density at radius 3 is 2.59 bits per heavy atom. The van der Waals surface area contributed by atoms with Gasteiger partial charge < -0.3 is 9.88 Å². The number of benzene rings is 2. The average molecular weight is 411 g/mol. The quantitative estimate of drug-likeness (QED) is 0.577. The summed E-state index contributed by atoms with van der Waals surface area (Å²) in [7, 11) is -1.80. The van der Waals surface area contributed by atoms with Crippen molar-refractivity contribution < 1.29 is 13.2 Å². The van der Waals surface area contributed by atoms with Crippen molar-refractivity contribution in [2.45, 2.75) is 24.8 Å². The first-order valence-corrected chi connectivity index (χ1v) is 10.5. The molecule has 0 atom stereocenters. The maximum Gasteiger partial charge on any atom is 0.251 e. The highest BCUT2D eigenvalue weighted by atomic mass is 32.2. The Labute approximate surface area is 169 Å². The summed E-state index contributed by atoms with van der Waals surface area (Å²) < 4.78 is 28.5. The third-order valence-electron chi connectivity index (χ3n) is 4.55. The first kappa shape index (κ1) is 20.5. The van der Waals surface area contributed by atoms with Crippen LogP contribution in [0.15, 0.2) is 47.4 Å². The second-order valence-electron chi connectivity index (χ2n) is 6.54. The number of hydrogen-bond acceptors (Lipinski definition) is 5. The van der Waals surface area contributed by atoms with Gasteiger partial charge >= 0.3 is 0 Å². The van der Waals surface area contributed by atoms with E-state index in [1.165, 1.54) is 24.3 Å². The molecule has 9 heteroatoms. The Morgan fingerprint density at radius 1 is 1.21 bits per heavy atom. The van der Waals surface area contributed by atoms with E-state index in [9.17, 15) is 13.2 Å². The molecular weight excluding hydrogens is 390 g/mol. The highest BCUT2D eigenvalue weighted by Crippen LogP contribution is 2.18. The lowest BCUT2D eigenvalue weighted by atomic mass is 10.2. The van der Waals surface area contributed by atoms with Crippen molar-refractivity contribution in [1.82, 2.24) is 19.6 Å². The average Bonchev–Trinajstić information content (AvgIpc) is 3.03. The number of sulfonamides is 1. The van der Waals surface area contributed by atoms with Crippen LogP contribution in [-0.2, 0) is 23.6 Å². The normalized spacial score (nSPS) is 11.3. The van der Waals surface area contributed by atoms with E-state index in [1.54, 1.807) is 0 Å². The number of aromatic nitrogens is 2. The van der Waals surface area contributed by atoms with Crippen LogP contribution >= 0.6 is 0 Å². The topological polar surface area (TPSA) is 117 Å². The number of hydrogen-bond donors (Lipinski definition) is 2. The number of rotatable bonds is 7. The summed E-state index contributed by atoms with van der Waals surface area (Å²) in [5.41, 5.74) is 3.34. The Balaban J connectivity index is 1.68. The van der Waals surface area contributed by atoms with Crippen molar-refractivity contribution in [2.75, 3.05) is 6.54 Å². The molecule has 0 spiro atoms. The number of para-hydroxylation sites is 1.